The summed E-state index contributed by atoms with van der Waals surface area (Å²) in [7, 11) is 0. The smallest absolute Gasteiger partial charge is 0.146 e. The molecular weight excluding hydrogens is 245 g/mol. The molecule has 1 heterocycles. The number of hydrogen-bond donors (Lipinski definition) is 0. The molecule has 0 aliphatic heterocycles. The lowest BCUT2D eigenvalue weighted by Gasteiger charge is -2.08. The van der Waals surface area contributed by atoms with E-state index < -0.39 is 0 Å². The summed E-state index contributed by atoms with van der Waals surface area (Å²) in [6, 6.07) is 8.96. The van der Waals surface area contributed by atoms with Crippen molar-refractivity contribution < 1.29 is 4.74 Å². The Morgan fingerprint density at radius 1 is 1.12 bits per heavy atom. The summed E-state index contributed by atoms with van der Waals surface area (Å²) in [6.45, 7) is 1.97. The highest BCUT2D eigenvalue weighted by atomic mass is 35.5. The van der Waals surface area contributed by atoms with E-state index in [2.05, 4.69) is 4.98 Å². The van der Waals surface area contributed by atoms with Crippen molar-refractivity contribution in [3.8, 4) is 11.5 Å². The molecular formula is C12H9Cl2NO. The molecule has 16 heavy (non-hydrogen) atoms. The van der Waals surface area contributed by atoms with E-state index in [1.165, 1.54) is 0 Å². The van der Waals surface area contributed by atoms with Gasteiger partial charge in [-0.1, -0.05) is 29.3 Å². The average Bonchev–Trinajstić information content (AvgIpc) is 2.24. The molecule has 0 saturated heterocycles. The van der Waals surface area contributed by atoms with E-state index in [0.29, 0.717) is 21.7 Å². The molecule has 2 aromatic rings. The van der Waals surface area contributed by atoms with Gasteiger partial charge < -0.3 is 4.74 Å². The molecule has 2 nitrogen and oxygen atoms in total. The zero-order valence-electron chi connectivity index (χ0n) is 8.58. The average molecular weight is 254 g/mol. The standard InChI is InChI=1S/C12H9Cl2NO/c1-8-2-3-10(13)11(6-8)16-9-4-5-15-12(14)7-9/h2-7H,1H3. The minimum atomic E-state index is 0.390. The summed E-state index contributed by atoms with van der Waals surface area (Å²) in [6.07, 6.45) is 1.58. The van der Waals surface area contributed by atoms with Gasteiger partial charge in [0.15, 0.2) is 0 Å². The Morgan fingerprint density at radius 2 is 1.94 bits per heavy atom. The van der Waals surface area contributed by atoms with Crippen molar-refractivity contribution in [1.82, 2.24) is 4.98 Å². The van der Waals surface area contributed by atoms with Crippen LogP contribution in [0.1, 0.15) is 5.56 Å². The minimum Gasteiger partial charge on any atom is -0.456 e. The molecule has 0 fully saturated rings. The van der Waals surface area contributed by atoms with E-state index >= 15 is 0 Å². The van der Waals surface area contributed by atoms with Crippen molar-refractivity contribution in [2.75, 3.05) is 0 Å². The van der Waals surface area contributed by atoms with Crippen molar-refractivity contribution in [3.63, 3.8) is 0 Å². The second kappa shape index (κ2) is 4.73. The number of pyridine rings is 1. The van der Waals surface area contributed by atoms with E-state index in [1.54, 1.807) is 24.4 Å². The first-order valence-corrected chi connectivity index (χ1v) is 5.46. The topological polar surface area (TPSA) is 22.1 Å². The molecule has 1 aromatic heterocycles. The fourth-order valence-corrected chi connectivity index (χ4v) is 1.58. The van der Waals surface area contributed by atoms with Gasteiger partial charge in [-0.25, -0.2) is 4.98 Å². The van der Waals surface area contributed by atoms with Gasteiger partial charge in [-0.15, -0.1) is 0 Å². The van der Waals surface area contributed by atoms with Gasteiger partial charge in [0.05, 0.1) is 5.02 Å². The maximum Gasteiger partial charge on any atom is 0.146 e. The van der Waals surface area contributed by atoms with Crippen LogP contribution in [0.5, 0.6) is 11.5 Å². The van der Waals surface area contributed by atoms with Gasteiger partial charge in [0.2, 0.25) is 0 Å². The van der Waals surface area contributed by atoms with Crippen molar-refractivity contribution in [2.45, 2.75) is 6.92 Å². The first kappa shape index (κ1) is 11.2. The maximum atomic E-state index is 6.01. The molecule has 4 heteroatoms. The third-order valence-electron chi connectivity index (χ3n) is 2.01. The highest BCUT2D eigenvalue weighted by Gasteiger charge is 2.03. The normalized spacial score (nSPS) is 10.2. The van der Waals surface area contributed by atoms with Crippen molar-refractivity contribution in [3.05, 3.63) is 52.3 Å². The summed E-state index contributed by atoms with van der Waals surface area (Å²) in [5.41, 5.74) is 1.08. The molecule has 0 amide bonds. The Bertz CT molecular complexity index is 514. The molecule has 0 saturated carbocycles. The van der Waals surface area contributed by atoms with E-state index in [0.717, 1.165) is 5.56 Å². The van der Waals surface area contributed by atoms with Gasteiger partial charge in [-0.3, -0.25) is 0 Å². The maximum absolute atomic E-state index is 6.01. The van der Waals surface area contributed by atoms with Crippen LogP contribution in [-0.2, 0) is 0 Å². The van der Waals surface area contributed by atoms with Gasteiger partial charge in [-0.05, 0) is 30.7 Å². The van der Waals surface area contributed by atoms with Crippen LogP contribution in [0.3, 0.4) is 0 Å². The first-order chi connectivity index (χ1) is 7.65. The van der Waals surface area contributed by atoms with E-state index in [-0.39, 0.29) is 0 Å². The van der Waals surface area contributed by atoms with Gasteiger partial charge >= 0.3 is 0 Å². The molecule has 0 aliphatic rings. The molecule has 0 atom stereocenters. The van der Waals surface area contributed by atoms with Crippen LogP contribution in [0.15, 0.2) is 36.5 Å². The lowest BCUT2D eigenvalue weighted by Crippen LogP contribution is -1.87. The van der Waals surface area contributed by atoms with Crippen LogP contribution in [0.2, 0.25) is 10.2 Å². The Hall–Kier alpha value is -1.25. The summed E-state index contributed by atoms with van der Waals surface area (Å²) < 4.78 is 5.61. The van der Waals surface area contributed by atoms with Crippen LogP contribution in [0.25, 0.3) is 0 Å². The van der Waals surface area contributed by atoms with Crippen LogP contribution in [0, 0.1) is 6.92 Å². The van der Waals surface area contributed by atoms with Gasteiger partial charge in [-0.2, -0.15) is 0 Å². The molecule has 1 aromatic carbocycles. The largest absolute Gasteiger partial charge is 0.456 e. The number of ether oxygens (including phenoxy) is 1. The van der Waals surface area contributed by atoms with Crippen molar-refractivity contribution in [1.29, 1.82) is 0 Å². The first-order valence-electron chi connectivity index (χ1n) is 4.71. The number of nitrogens with zero attached hydrogens (tertiary/aromatic N) is 1. The molecule has 0 radical (unpaired) electrons. The predicted octanol–water partition coefficient (Wildman–Crippen LogP) is 4.49. The molecule has 82 valence electrons. The highest BCUT2D eigenvalue weighted by Crippen LogP contribution is 2.30. The van der Waals surface area contributed by atoms with Crippen LogP contribution >= 0.6 is 23.2 Å². The van der Waals surface area contributed by atoms with Crippen LogP contribution < -0.4 is 4.74 Å². The Morgan fingerprint density at radius 3 is 2.69 bits per heavy atom. The third-order valence-corrected chi connectivity index (χ3v) is 2.53. The van der Waals surface area contributed by atoms with E-state index in [4.69, 9.17) is 27.9 Å². The number of aromatic nitrogens is 1. The molecule has 0 aliphatic carbocycles. The Kier molecular flexibility index (Phi) is 3.32. The zero-order valence-corrected chi connectivity index (χ0v) is 10.1. The predicted molar refractivity (Wildman–Crippen MR) is 65.5 cm³/mol. The summed E-state index contributed by atoms with van der Waals surface area (Å²) in [5.74, 6) is 1.23. The lowest BCUT2D eigenvalue weighted by molar-refractivity contribution is 0.482. The summed E-state index contributed by atoms with van der Waals surface area (Å²) >= 11 is 11.8. The van der Waals surface area contributed by atoms with Crippen molar-refractivity contribution >= 4 is 23.2 Å². The summed E-state index contributed by atoms with van der Waals surface area (Å²) in [5, 5.41) is 0.958. The highest BCUT2D eigenvalue weighted by molar-refractivity contribution is 6.32. The minimum absolute atomic E-state index is 0.390. The fourth-order valence-electron chi connectivity index (χ4n) is 1.26. The number of hydrogen-bond acceptors (Lipinski definition) is 2. The quantitative estimate of drug-likeness (QED) is 0.736. The van der Waals surface area contributed by atoms with Gasteiger partial charge in [0, 0.05) is 12.3 Å². The fraction of sp³-hybridized carbons (Fsp3) is 0.0833. The molecule has 0 bridgehead atoms. The Labute approximate surface area is 104 Å². The molecule has 0 spiro atoms. The molecule has 0 unspecified atom stereocenters. The van der Waals surface area contributed by atoms with Gasteiger partial charge in [0.1, 0.15) is 16.7 Å². The monoisotopic (exact) mass is 253 g/mol. The molecule has 2 rings (SSSR count). The third kappa shape index (κ3) is 2.65. The second-order valence-corrected chi connectivity index (χ2v) is 4.14. The Balaban J connectivity index is 2.30. The molecule has 0 N–H and O–H groups in total. The number of halogens is 2. The van der Waals surface area contributed by atoms with Gasteiger partial charge in [0.25, 0.3) is 0 Å². The SMILES string of the molecule is Cc1ccc(Cl)c(Oc2ccnc(Cl)c2)c1. The summed E-state index contributed by atoms with van der Waals surface area (Å²) in [4.78, 5) is 3.87. The lowest BCUT2D eigenvalue weighted by atomic mass is 10.2. The van der Waals surface area contributed by atoms with Crippen LogP contribution in [-0.4, -0.2) is 4.98 Å². The number of rotatable bonds is 2. The van der Waals surface area contributed by atoms with E-state index in [1.807, 2.05) is 19.1 Å². The number of aryl methyl sites for hydroxylation is 1. The second-order valence-electron chi connectivity index (χ2n) is 3.35. The zero-order chi connectivity index (χ0) is 11.5. The van der Waals surface area contributed by atoms with Crippen molar-refractivity contribution in [2.24, 2.45) is 0 Å². The number of benzene rings is 1. The van der Waals surface area contributed by atoms with E-state index in [9.17, 15) is 0 Å². The van der Waals surface area contributed by atoms with Crippen LogP contribution in [0.4, 0.5) is 0 Å².